The zero-order valence-electron chi connectivity index (χ0n) is 14.5. The molecular weight excluding hydrogens is 368 g/mol. The van der Waals surface area contributed by atoms with Gasteiger partial charge in [-0.1, -0.05) is 30.0 Å². The summed E-state index contributed by atoms with van der Waals surface area (Å²) in [6.07, 6.45) is 1.29. The lowest BCUT2D eigenvalue weighted by Crippen LogP contribution is -2.35. The van der Waals surface area contributed by atoms with Crippen LogP contribution in [0.25, 0.3) is 11.3 Å². The summed E-state index contributed by atoms with van der Waals surface area (Å²) >= 11 is 2.99. The number of hydrogen-bond donors (Lipinski definition) is 0. The minimum Gasteiger partial charge on any atom is -0.446 e. The van der Waals surface area contributed by atoms with Gasteiger partial charge in [0.2, 0.25) is 23.2 Å². The topological polar surface area (TPSA) is 68.2 Å². The molecule has 0 unspecified atom stereocenters. The second kappa shape index (κ2) is 6.69. The first-order chi connectivity index (χ1) is 12.6. The smallest absolute Gasteiger partial charge is 0.247 e. The number of benzene rings is 1. The highest BCUT2D eigenvalue weighted by Crippen LogP contribution is 2.44. The highest BCUT2D eigenvalue weighted by molar-refractivity contribution is 7.98. The molecule has 132 valence electrons. The number of aromatic nitrogens is 3. The van der Waals surface area contributed by atoms with Crippen molar-refractivity contribution in [1.82, 2.24) is 15.2 Å². The maximum atomic E-state index is 12.6. The largest absolute Gasteiger partial charge is 0.446 e. The van der Waals surface area contributed by atoms with Crippen molar-refractivity contribution in [3.8, 4) is 17.1 Å². The highest BCUT2D eigenvalue weighted by Gasteiger charge is 2.35. The van der Waals surface area contributed by atoms with Gasteiger partial charge >= 0.3 is 0 Å². The Labute approximate surface area is 159 Å². The predicted octanol–water partition coefficient (Wildman–Crippen LogP) is 4.07. The minimum absolute atomic E-state index is 0.112. The molecule has 1 aliphatic rings. The van der Waals surface area contributed by atoms with Crippen LogP contribution in [0.3, 0.4) is 0 Å². The van der Waals surface area contributed by atoms with Crippen LogP contribution in [-0.2, 0) is 4.79 Å². The Bertz CT molecular complexity index is 989. The summed E-state index contributed by atoms with van der Waals surface area (Å²) in [7, 11) is 0. The maximum Gasteiger partial charge on any atom is 0.247 e. The molecule has 0 aliphatic carbocycles. The lowest BCUT2D eigenvalue weighted by atomic mass is 10.1. The second-order valence-electron chi connectivity index (χ2n) is 5.78. The van der Waals surface area contributed by atoms with E-state index in [2.05, 4.69) is 15.2 Å². The molecule has 0 N–H and O–H groups in total. The number of carbonyl (C=O) groups excluding carboxylic acids is 1. The van der Waals surface area contributed by atoms with Gasteiger partial charge in [-0.05, 0) is 31.4 Å². The number of rotatable bonds is 2. The number of carbonyl (C=O) groups is 1. The Balaban J connectivity index is 1.97. The van der Waals surface area contributed by atoms with Crippen LogP contribution in [0.15, 0.2) is 41.6 Å². The maximum absolute atomic E-state index is 12.6. The highest BCUT2D eigenvalue weighted by atomic mass is 32.2. The monoisotopic (exact) mass is 384 g/mol. The van der Waals surface area contributed by atoms with Gasteiger partial charge < -0.3 is 4.74 Å². The molecule has 3 aromatic rings. The van der Waals surface area contributed by atoms with Crippen LogP contribution >= 0.6 is 23.1 Å². The molecule has 6 nitrogen and oxygen atoms in total. The van der Waals surface area contributed by atoms with Crippen molar-refractivity contribution in [2.24, 2.45) is 0 Å². The van der Waals surface area contributed by atoms with Crippen molar-refractivity contribution in [3.05, 3.63) is 46.2 Å². The van der Waals surface area contributed by atoms with Crippen LogP contribution in [0, 0.1) is 6.92 Å². The number of anilines is 1. The number of ether oxygens (including phenoxy) is 1. The van der Waals surface area contributed by atoms with Gasteiger partial charge in [0.25, 0.3) is 0 Å². The number of nitrogens with zero attached hydrogens (tertiary/aromatic N) is 4. The summed E-state index contributed by atoms with van der Waals surface area (Å²) in [5.41, 5.74) is 2.06. The molecule has 1 amide bonds. The molecule has 0 bridgehead atoms. The number of thiophene rings is 1. The van der Waals surface area contributed by atoms with Crippen molar-refractivity contribution in [1.29, 1.82) is 0 Å². The molecule has 0 saturated carbocycles. The molecule has 1 atom stereocenters. The molecule has 1 aromatic carbocycles. The molecule has 1 aliphatic heterocycles. The van der Waals surface area contributed by atoms with Crippen LogP contribution in [0.2, 0.25) is 0 Å². The van der Waals surface area contributed by atoms with Crippen molar-refractivity contribution in [2.75, 3.05) is 11.2 Å². The Morgan fingerprint density at radius 3 is 2.73 bits per heavy atom. The minimum atomic E-state index is -0.597. The molecular formula is C18H16N4O2S2. The third-order valence-electron chi connectivity index (χ3n) is 4.04. The summed E-state index contributed by atoms with van der Waals surface area (Å²) in [5, 5.41) is 9.00. The second-order valence-corrected chi connectivity index (χ2v) is 7.87. The third-order valence-corrected chi connectivity index (χ3v) is 5.61. The Hall–Kier alpha value is -2.45. The Morgan fingerprint density at radius 2 is 2.04 bits per heavy atom. The van der Waals surface area contributed by atoms with E-state index in [0.717, 1.165) is 21.0 Å². The van der Waals surface area contributed by atoms with E-state index in [1.54, 1.807) is 16.2 Å². The van der Waals surface area contributed by atoms with Crippen molar-refractivity contribution in [3.63, 3.8) is 0 Å². The molecule has 2 aromatic heterocycles. The number of hydrogen-bond acceptors (Lipinski definition) is 7. The molecule has 8 heteroatoms. The summed E-state index contributed by atoms with van der Waals surface area (Å²) in [6.45, 7) is 3.57. The molecule has 26 heavy (non-hydrogen) atoms. The van der Waals surface area contributed by atoms with Gasteiger partial charge in [-0.3, -0.25) is 9.69 Å². The SMILES string of the molecule is CSc1nnc2c(n1)O[C@H](c1ccc(C)s1)N(C(C)=O)c1ccccc1-2. The zero-order chi connectivity index (χ0) is 18.3. The summed E-state index contributed by atoms with van der Waals surface area (Å²) in [4.78, 5) is 20.8. The lowest BCUT2D eigenvalue weighted by molar-refractivity contribution is -0.118. The van der Waals surface area contributed by atoms with Gasteiger partial charge in [0, 0.05) is 17.4 Å². The van der Waals surface area contributed by atoms with Crippen LogP contribution < -0.4 is 9.64 Å². The first kappa shape index (κ1) is 17.0. The Kier molecular flexibility index (Phi) is 4.37. The number of aryl methyl sites for hydroxylation is 1. The summed E-state index contributed by atoms with van der Waals surface area (Å²) in [5.74, 6) is 0.274. The lowest BCUT2D eigenvalue weighted by Gasteiger charge is -2.28. The van der Waals surface area contributed by atoms with Crippen LogP contribution in [0.4, 0.5) is 5.69 Å². The molecule has 0 radical (unpaired) electrons. The van der Waals surface area contributed by atoms with Crippen molar-refractivity contribution >= 4 is 34.7 Å². The van der Waals surface area contributed by atoms with E-state index in [9.17, 15) is 4.79 Å². The van der Waals surface area contributed by atoms with E-state index in [-0.39, 0.29) is 5.91 Å². The van der Waals surface area contributed by atoms with E-state index >= 15 is 0 Å². The molecule has 4 rings (SSSR count). The van der Waals surface area contributed by atoms with Crippen LogP contribution in [0.1, 0.15) is 22.9 Å². The van der Waals surface area contributed by atoms with Crippen molar-refractivity contribution < 1.29 is 9.53 Å². The fourth-order valence-corrected chi connectivity index (χ4v) is 4.11. The molecule has 0 spiro atoms. The number of fused-ring (bicyclic) bond motifs is 3. The predicted molar refractivity (Wildman–Crippen MR) is 103 cm³/mol. The first-order valence-electron chi connectivity index (χ1n) is 7.99. The average Bonchev–Trinajstić information content (AvgIpc) is 3.01. The molecule has 3 heterocycles. The average molecular weight is 384 g/mol. The van der Waals surface area contributed by atoms with Crippen LogP contribution in [0.5, 0.6) is 5.88 Å². The van der Waals surface area contributed by atoms with E-state index in [4.69, 9.17) is 4.74 Å². The van der Waals surface area contributed by atoms with Gasteiger partial charge in [0.05, 0.1) is 10.6 Å². The normalized spacial score (nSPS) is 15.7. The van der Waals surface area contributed by atoms with Crippen LogP contribution in [-0.4, -0.2) is 27.3 Å². The first-order valence-corrected chi connectivity index (χ1v) is 10.0. The van der Waals surface area contributed by atoms with E-state index in [0.29, 0.717) is 16.7 Å². The zero-order valence-corrected chi connectivity index (χ0v) is 16.1. The number of amides is 1. The quantitative estimate of drug-likeness (QED) is 0.620. The van der Waals surface area contributed by atoms with E-state index in [1.807, 2.05) is 49.6 Å². The number of para-hydroxylation sites is 1. The van der Waals surface area contributed by atoms with Gasteiger partial charge in [0.1, 0.15) is 0 Å². The Morgan fingerprint density at radius 1 is 1.23 bits per heavy atom. The molecule has 0 fully saturated rings. The summed E-state index contributed by atoms with van der Waals surface area (Å²) < 4.78 is 6.24. The third kappa shape index (κ3) is 2.85. The fraction of sp³-hybridized carbons (Fsp3) is 0.222. The van der Waals surface area contributed by atoms with Gasteiger partial charge in [-0.25, -0.2) is 0 Å². The van der Waals surface area contributed by atoms with Gasteiger partial charge in [0.15, 0.2) is 5.69 Å². The fourth-order valence-electron chi connectivity index (χ4n) is 2.91. The summed E-state index contributed by atoms with van der Waals surface area (Å²) in [6, 6.07) is 11.6. The van der Waals surface area contributed by atoms with E-state index in [1.165, 1.54) is 18.7 Å². The molecule has 0 saturated heterocycles. The standard InChI is InChI=1S/C18H16N4O2S2/c1-10-8-9-14(26-10)17-22(11(2)23)13-7-5-4-6-12(13)15-16(24-17)19-18(25-3)21-20-15/h4-9,17H,1-3H3/t17-/m1/s1. The van der Waals surface area contributed by atoms with Gasteiger partial charge in [-0.15, -0.1) is 21.5 Å². The van der Waals surface area contributed by atoms with E-state index < -0.39 is 6.23 Å². The van der Waals surface area contributed by atoms with Crippen molar-refractivity contribution in [2.45, 2.75) is 25.2 Å². The number of thioether (sulfide) groups is 1. The van der Waals surface area contributed by atoms with Gasteiger partial charge in [-0.2, -0.15) is 4.98 Å².